The smallest absolute Gasteiger partial charge is 0.168 e. The van der Waals surface area contributed by atoms with Gasteiger partial charge < -0.3 is 11.2 Å². The van der Waals surface area contributed by atoms with E-state index in [4.69, 9.17) is 11.6 Å². The van der Waals surface area contributed by atoms with Crippen molar-refractivity contribution in [2.75, 3.05) is 0 Å². The van der Waals surface area contributed by atoms with Gasteiger partial charge in [-0.2, -0.15) is 0 Å². The minimum Gasteiger partial charge on any atom is -0.403 e. The van der Waals surface area contributed by atoms with Crippen LogP contribution in [0.3, 0.4) is 0 Å². The Morgan fingerprint density at radius 2 is 2.29 bits per heavy atom. The third-order valence-corrected chi connectivity index (χ3v) is 0.473. The van der Waals surface area contributed by atoms with Gasteiger partial charge >= 0.3 is 0 Å². The van der Waals surface area contributed by atoms with E-state index in [1.807, 2.05) is 0 Å². The molecule has 0 fully saturated rings. The molecule has 0 spiro atoms. The van der Waals surface area contributed by atoms with Gasteiger partial charge in [-0.3, -0.25) is 10.6 Å². The molecule has 0 heterocycles. The van der Waals surface area contributed by atoms with Crippen LogP contribution in [-0.2, 0) is 4.79 Å². The summed E-state index contributed by atoms with van der Waals surface area (Å²) in [5, 5.41) is 0. The molecule has 0 aliphatic rings. The largest absolute Gasteiger partial charge is 0.403 e. The Kier molecular flexibility index (Phi) is 2.70. The highest BCUT2D eigenvalue weighted by molar-refractivity contribution is 5.71. The number of nitrogens with one attached hydrogen (secondary N) is 1. The van der Waals surface area contributed by atoms with Crippen LogP contribution in [0, 0.1) is 0 Å². The molecule has 0 aromatic carbocycles. The van der Waals surface area contributed by atoms with Crippen molar-refractivity contribution in [3.05, 3.63) is 11.9 Å². The number of carbonyl (C=O) groups is 1. The first-order chi connectivity index (χ1) is 3.35. The minimum atomic E-state index is 0.181. The van der Waals surface area contributed by atoms with Gasteiger partial charge in [-0.1, -0.05) is 0 Å². The highest BCUT2D eigenvalue weighted by Crippen LogP contribution is 1.68. The lowest BCUT2D eigenvalue weighted by molar-refractivity contribution is -0.105. The van der Waals surface area contributed by atoms with E-state index in [9.17, 15) is 4.79 Å². The molecular weight excluding hydrogens is 94.1 g/mol. The predicted molar refractivity (Wildman–Crippen MR) is 25.7 cm³/mol. The summed E-state index contributed by atoms with van der Waals surface area (Å²) in [4.78, 5) is 9.68. The fourth-order valence-corrected chi connectivity index (χ4v) is 0.121. The number of hydrogen-bond donors (Lipinski definition) is 3. The maximum Gasteiger partial charge on any atom is 0.168 e. The number of carbonyl (C=O) groups excluding carboxylic acids is 1. The zero-order valence-electron chi connectivity index (χ0n) is 3.72. The number of nitrogens with two attached hydrogens (primary N) is 2. The molecule has 0 aromatic rings. The van der Waals surface area contributed by atoms with E-state index < -0.39 is 0 Å². The van der Waals surface area contributed by atoms with Crippen LogP contribution >= 0.6 is 0 Å². The molecule has 0 radical (unpaired) electrons. The summed E-state index contributed by atoms with van der Waals surface area (Å²) in [6, 6.07) is 0. The lowest BCUT2D eigenvalue weighted by atomic mass is 10.5. The maximum absolute atomic E-state index is 9.68. The van der Waals surface area contributed by atoms with Gasteiger partial charge in [-0.25, -0.2) is 0 Å². The molecule has 40 valence electrons. The molecule has 0 aliphatic carbocycles. The van der Waals surface area contributed by atoms with Gasteiger partial charge in [0, 0.05) is 6.20 Å². The second-order valence-electron chi connectivity index (χ2n) is 0.884. The van der Waals surface area contributed by atoms with E-state index in [1.165, 1.54) is 0 Å². The molecule has 4 heteroatoms. The van der Waals surface area contributed by atoms with Crippen molar-refractivity contribution in [2.45, 2.75) is 0 Å². The topological polar surface area (TPSA) is 81.1 Å². The molecule has 0 unspecified atom stereocenters. The molecule has 0 saturated carbocycles. The first kappa shape index (κ1) is 5.97. The maximum atomic E-state index is 9.68. The Bertz CT molecular complexity index is 88.2. The molecule has 0 saturated heterocycles. The van der Waals surface area contributed by atoms with Crippen molar-refractivity contribution >= 4 is 6.29 Å². The van der Waals surface area contributed by atoms with E-state index >= 15 is 0 Å². The van der Waals surface area contributed by atoms with Crippen LogP contribution in [0.4, 0.5) is 0 Å². The molecule has 0 aromatic heterocycles. The average molecular weight is 101 g/mol. The Morgan fingerprint density at radius 1 is 1.71 bits per heavy atom. The summed E-state index contributed by atoms with van der Waals surface area (Å²) in [5.74, 6) is 4.76. The van der Waals surface area contributed by atoms with E-state index in [2.05, 4.69) is 5.43 Å². The Morgan fingerprint density at radius 3 is 2.29 bits per heavy atom. The quantitative estimate of drug-likeness (QED) is 0.170. The van der Waals surface area contributed by atoms with E-state index in [0.29, 0.717) is 6.29 Å². The highest BCUT2D eigenvalue weighted by Gasteiger charge is 1.81. The first-order valence-electron chi connectivity index (χ1n) is 1.69. The van der Waals surface area contributed by atoms with Crippen molar-refractivity contribution in [3.8, 4) is 0 Å². The number of rotatable bonds is 2. The van der Waals surface area contributed by atoms with Crippen molar-refractivity contribution in [3.63, 3.8) is 0 Å². The number of hydrazine groups is 1. The molecule has 0 rings (SSSR count). The fourth-order valence-electron chi connectivity index (χ4n) is 0.121. The second kappa shape index (κ2) is 3.17. The summed E-state index contributed by atoms with van der Waals surface area (Å²) in [6.07, 6.45) is 1.62. The molecular formula is C3H7N3O. The van der Waals surface area contributed by atoms with Gasteiger partial charge in [0.15, 0.2) is 6.29 Å². The average Bonchev–Trinajstić information content (AvgIpc) is 1.72. The lowest BCUT2D eigenvalue weighted by Gasteiger charge is -1.90. The normalized spacial score (nSPS) is 10.7. The zero-order valence-corrected chi connectivity index (χ0v) is 3.72. The van der Waals surface area contributed by atoms with Crippen LogP contribution in [0.25, 0.3) is 0 Å². The highest BCUT2D eigenvalue weighted by atomic mass is 16.1. The van der Waals surface area contributed by atoms with Gasteiger partial charge in [-0.15, -0.1) is 0 Å². The van der Waals surface area contributed by atoms with Gasteiger partial charge in [0.25, 0.3) is 0 Å². The monoisotopic (exact) mass is 101 g/mol. The summed E-state index contributed by atoms with van der Waals surface area (Å²) < 4.78 is 0. The third-order valence-electron chi connectivity index (χ3n) is 0.473. The Labute approximate surface area is 41.1 Å². The molecule has 0 bridgehead atoms. The Balaban J connectivity index is 3.60. The van der Waals surface area contributed by atoms with Crippen LogP contribution in [0.15, 0.2) is 11.9 Å². The molecule has 0 atom stereocenters. The van der Waals surface area contributed by atoms with Gasteiger partial charge in [0.2, 0.25) is 0 Å². The summed E-state index contributed by atoms with van der Waals surface area (Å²) in [5.41, 5.74) is 7.11. The molecule has 5 N–H and O–H groups in total. The number of allylic oxidation sites excluding steroid dienone is 1. The molecule has 7 heavy (non-hydrogen) atoms. The van der Waals surface area contributed by atoms with Crippen molar-refractivity contribution in [1.29, 1.82) is 0 Å². The van der Waals surface area contributed by atoms with Crippen LogP contribution in [0.5, 0.6) is 0 Å². The Hall–Kier alpha value is -1.03. The van der Waals surface area contributed by atoms with Crippen LogP contribution in [0.1, 0.15) is 0 Å². The summed E-state index contributed by atoms with van der Waals surface area (Å²) in [6.45, 7) is 0. The molecule has 4 nitrogen and oxygen atoms in total. The summed E-state index contributed by atoms with van der Waals surface area (Å²) in [7, 11) is 0. The van der Waals surface area contributed by atoms with Crippen LogP contribution in [-0.4, -0.2) is 6.29 Å². The zero-order chi connectivity index (χ0) is 5.70. The van der Waals surface area contributed by atoms with Crippen molar-refractivity contribution in [2.24, 2.45) is 11.6 Å². The summed E-state index contributed by atoms with van der Waals surface area (Å²) >= 11 is 0. The van der Waals surface area contributed by atoms with E-state index in [-0.39, 0.29) is 5.70 Å². The predicted octanol–water partition coefficient (Wildman–Crippen LogP) is -1.55. The fraction of sp³-hybridized carbons (Fsp3) is 0. The minimum absolute atomic E-state index is 0.181. The van der Waals surface area contributed by atoms with E-state index in [1.54, 1.807) is 0 Å². The first-order valence-corrected chi connectivity index (χ1v) is 1.69. The number of hydrogen-bond acceptors (Lipinski definition) is 4. The van der Waals surface area contributed by atoms with Gasteiger partial charge in [-0.05, 0) is 0 Å². The van der Waals surface area contributed by atoms with Crippen molar-refractivity contribution < 1.29 is 4.79 Å². The van der Waals surface area contributed by atoms with Crippen LogP contribution < -0.4 is 17.0 Å². The van der Waals surface area contributed by atoms with Crippen molar-refractivity contribution in [1.82, 2.24) is 5.43 Å². The molecule has 0 aliphatic heterocycles. The SMILES string of the molecule is N/C=C(/C=O)NN. The number of aldehydes is 1. The second-order valence-corrected chi connectivity index (χ2v) is 0.884. The van der Waals surface area contributed by atoms with Gasteiger partial charge in [0.05, 0.1) is 0 Å². The van der Waals surface area contributed by atoms with E-state index in [0.717, 1.165) is 6.20 Å². The van der Waals surface area contributed by atoms with Gasteiger partial charge in [0.1, 0.15) is 5.70 Å². The molecule has 0 amide bonds. The lowest BCUT2D eigenvalue weighted by Crippen LogP contribution is -2.22. The standard InChI is InChI=1S/C3H7N3O/c4-1-3(2-7)6-5/h1-2,6H,4-5H2/b3-1-. The van der Waals surface area contributed by atoms with Crippen LogP contribution in [0.2, 0.25) is 0 Å². The third kappa shape index (κ3) is 1.77.